The van der Waals surface area contributed by atoms with Crippen molar-refractivity contribution in [1.82, 2.24) is 10.3 Å². The summed E-state index contributed by atoms with van der Waals surface area (Å²) in [4.78, 5) is 18.7. The highest BCUT2D eigenvalue weighted by Gasteiger charge is 2.25. The number of sulfonamides is 1. The van der Waals surface area contributed by atoms with Crippen molar-refractivity contribution in [2.45, 2.75) is 17.4 Å². The number of nitrogens with one attached hydrogen (secondary N) is 2. The molecule has 2 aromatic carbocycles. The summed E-state index contributed by atoms with van der Waals surface area (Å²) in [6.07, 6.45) is 2.51. The lowest BCUT2D eigenvalue weighted by molar-refractivity contribution is 0.0940. The van der Waals surface area contributed by atoms with Gasteiger partial charge in [0, 0.05) is 36.6 Å². The minimum atomic E-state index is -4.12. The lowest BCUT2D eigenvalue weighted by atomic mass is 10.1. The van der Waals surface area contributed by atoms with Crippen LogP contribution in [0.15, 0.2) is 77.8 Å². The van der Waals surface area contributed by atoms with Crippen molar-refractivity contribution in [1.29, 1.82) is 0 Å². The first-order valence-electron chi connectivity index (χ1n) is 9.77. The van der Waals surface area contributed by atoms with Crippen LogP contribution >= 0.6 is 0 Å². The summed E-state index contributed by atoms with van der Waals surface area (Å²) in [5.41, 5.74) is 0.488. The first kappa shape index (κ1) is 20.8. The molecule has 0 bridgehead atoms. The van der Waals surface area contributed by atoms with E-state index in [1.54, 1.807) is 18.3 Å². The smallest absolute Gasteiger partial charge is 0.264 e. The quantitative estimate of drug-likeness (QED) is 0.615. The van der Waals surface area contributed by atoms with E-state index < -0.39 is 20.7 Å². The third-order valence-electron chi connectivity index (χ3n) is 5.00. The summed E-state index contributed by atoms with van der Waals surface area (Å²) in [5.74, 6) is -0.286. The number of hydrogen-bond acceptors (Lipinski definition) is 5. The first-order chi connectivity index (χ1) is 14.9. The molecule has 9 heteroatoms. The van der Waals surface area contributed by atoms with Gasteiger partial charge in [0.25, 0.3) is 15.9 Å². The van der Waals surface area contributed by atoms with Crippen molar-refractivity contribution in [2.24, 2.45) is 0 Å². The third-order valence-corrected chi connectivity index (χ3v) is 6.41. The normalized spacial score (nSPS) is 16.2. The zero-order valence-electron chi connectivity index (χ0n) is 16.5. The van der Waals surface area contributed by atoms with E-state index >= 15 is 0 Å². The van der Waals surface area contributed by atoms with Gasteiger partial charge in [0.15, 0.2) is 0 Å². The van der Waals surface area contributed by atoms with Gasteiger partial charge in [0.2, 0.25) is 0 Å². The molecule has 0 aliphatic carbocycles. The van der Waals surface area contributed by atoms with Crippen LogP contribution in [0.1, 0.15) is 16.8 Å². The Morgan fingerprint density at radius 1 is 1.06 bits per heavy atom. The lowest BCUT2D eigenvalue weighted by Gasteiger charge is -2.18. The summed E-state index contributed by atoms with van der Waals surface area (Å²) in [7, 11) is -4.12. The third kappa shape index (κ3) is 4.83. The molecule has 2 N–H and O–H groups in total. The van der Waals surface area contributed by atoms with E-state index in [1.165, 1.54) is 30.3 Å². The number of carbonyl (C=O) groups is 1. The standard InChI is InChI=1S/C22H21FN4O3S/c23-19-8-1-2-9-20(19)31(29,30)26-17-7-5-6-16(14-17)22(28)25-18-11-13-27(15-18)21-10-3-4-12-24-21/h1-10,12,14,18,26H,11,13,15H2,(H,25,28)/t18-/m0/s1. The molecule has 1 aromatic heterocycles. The van der Waals surface area contributed by atoms with E-state index in [0.29, 0.717) is 12.1 Å². The maximum atomic E-state index is 13.9. The Hall–Kier alpha value is -3.46. The minimum Gasteiger partial charge on any atom is -0.354 e. The molecule has 160 valence electrons. The zero-order chi connectivity index (χ0) is 21.8. The molecule has 2 heterocycles. The number of pyridine rings is 1. The molecule has 1 atom stereocenters. The van der Waals surface area contributed by atoms with Crippen LogP contribution in [0.4, 0.5) is 15.9 Å². The largest absolute Gasteiger partial charge is 0.354 e. The number of hydrogen-bond donors (Lipinski definition) is 2. The van der Waals surface area contributed by atoms with Crippen LogP contribution < -0.4 is 14.9 Å². The number of halogens is 1. The van der Waals surface area contributed by atoms with Crippen LogP contribution in [0, 0.1) is 5.82 Å². The van der Waals surface area contributed by atoms with E-state index in [9.17, 15) is 17.6 Å². The molecule has 31 heavy (non-hydrogen) atoms. The van der Waals surface area contributed by atoms with Crippen LogP contribution in [0.2, 0.25) is 0 Å². The molecule has 1 aliphatic rings. The average molecular weight is 441 g/mol. The highest BCUT2D eigenvalue weighted by Crippen LogP contribution is 2.21. The van der Waals surface area contributed by atoms with Gasteiger partial charge in [-0.05, 0) is 48.9 Å². The van der Waals surface area contributed by atoms with Crippen molar-refractivity contribution in [3.05, 3.63) is 84.3 Å². The monoisotopic (exact) mass is 440 g/mol. The summed E-state index contributed by atoms with van der Waals surface area (Å²) >= 11 is 0. The molecule has 1 aliphatic heterocycles. The maximum Gasteiger partial charge on any atom is 0.264 e. The molecule has 4 rings (SSSR count). The molecule has 0 spiro atoms. The Bertz CT molecular complexity index is 1190. The van der Waals surface area contributed by atoms with E-state index in [4.69, 9.17) is 0 Å². The van der Waals surface area contributed by atoms with Crippen molar-refractivity contribution in [2.75, 3.05) is 22.7 Å². The number of carbonyl (C=O) groups excluding carboxylic acids is 1. The van der Waals surface area contributed by atoms with Gasteiger partial charge >= 0.3 is 0 Å². The Balaban J connectivity index is 1.42. The van der Waals surface area contributed by atoms with Crippen LogP contribution in [0.3, 0.4) is 0 Å². The van der Waals surface area contributed by atoms with Crippen LogP contribution in [0.5, 0.6) is 0 Å². The van der Waals surface area contributed by atoms with Gasteiger partial charge in [-0.2, -0.15) is 0 Å². The van der Waals surface area contributed by atoms with Gasteiger partial charge in [0.05, 0.1) is 0 Å². The van der Waals surface area contributed by atoms with Crippen molar-refractivity contribution in [3.63, 3.8) is 0 Å². The molecule has 0 unspecified atom stereocenters. The van der Waals surface area contributed by atoms with Gasteiger partial charge in [-0.3, -0.25) is 9.52 Å². The van der Waals surface area contributed by atoms with E-state index in [1.807, 2.05) is 18.2 Å². The second-order valence-corrected chi connectivity index (χ2v) is 8.86. The highest BCUT2D eigenvalue weighted by molar-refractivity contribution is 7.92. The van der Waals surface area contributed by atoms with Gasteiger partial charge in [-0.15, -0.1) is 0 Å². The fourth-order valence-corrected chi connectivity index (χ4v) is 4.62. The number of amides is 1. The average Bonchev–Trinajstić information content (AvgIpc) is 3.23. The van der Waals surface area contributed by atoms with Crippen molar-refractivity contribution >= 4 is 27.4 Å². The number of aromatic nitrogens is 1. The summed E-state index contributed by atoms with van der Waals surface area (Å²) in [6, 6.07) is 16.9. The predicted octanol–water partition coefficient (Wildman–Crippen LogP) is 3.03. The Kier molecular flexibility index (Phi) is 5.85. The number of rotatable bonds is 6. The Morgan fingerprint density at radius 3 is 2.65 bits per heavy atom. The summed E-state index contributed by atoms with van der Waals surface area (Å²) in [5, 5.41) is 2.98. The number of anilines is 2. The predicted molar refractivity (Wildman–Crippen MR) is 116 cm³/mol. The summed E-state index contributed by atoms with van der Waals surface area (Å²) < 4.78 is 41.2. The molecule has 7 nitrogen and oxygen atoms in total. The van der Waals surface area contributed by atoms with E-state index in [0.717, 1.165) is 24.8 Å². The second kappa shape index (κ2) is 8.73. The first-order valence-corrected chi connectivity index (χ1v) is 11.2. The fourth-order valence-electron chi connectivity index (χ4n) is 3.49. The Morgan fingerprint density at radius 2 is 1.87 bits per heavy atom. The molecule has 0 radical (unpaired) electrons. The van der Waals surface area contributed by atoms with Gasteiger partial charge in [-0.25, -0.2) is 17.8 Å². The fraction of sp³-hybridized carbons (Fsp3) is 0.182. The SMILES string of the molecule is O=C(N[C@H]1CCN(c2ccccn2)C1)c1cccc(NS(=O)(=O)c2ccccc2F)c1. The number of benzene rings is 2. The second-order valence-electron chi connectivity index (χ2n) is 7.21. The van der Waals surface area contributed by atoms with Crippen LogP contribution in [-0.2, 0) is 10.0 Å². The lowest BCUT2D eigenvalue weighted by Crippen LogP contribution is -2.37. The maximum absolute atomic E-state index is 13.9. The topological polar surface area (TPSA) is 91.4 Å². The molecule has 1 amide bonds. The van der Waals surface area contributed by atoms with Gasteiger partial charge < -0.3 is 10.2 Å². The molecular formula is C22H21FN4O3S. The molecule has 3 aromatic rings. The van der Waals surface area contributed by atoms with Crippen LogP contribution in [0.25, 0.3) is 0 Å². The molecule has 1 saturated heterocycles. The van der Waals surface area contributed by atoms with Crippen molar-refractivity contribution < 1.29 is 17.6 Å². The zero-order valence-corrected chi connectivity index (χ0v) is 17.3. The molecule has 1 fully saturated rings. The minimum absolute atomic E-state index is 0.0479. The van der Waals surface area contributed by atoms with Crippen LogP contribution in [-0.4, -0.2) is 38.4 Å². The van der Waals surface area contributed by atoms with E-state index in [-0.39, 0.29) is 17.6 Å². The summed E-state index contributed by atoms with van der Waals surface area (Å²) in [6.45, 7) is 1.42. The highest BCUT2D eigenvalue weighted by atomic mass is 32.2. The van der Waals surface area contributed by atoms with Crippen molar-refractivity contribution in [3.8, 4) is 0 Å². The van der Waals surface area contributed by atoms with E-state index in [2.05, 4.69) is 19.9 Å². The Labute approximate surface area is 180 Å². The molecular weight excluding hydrogens is 419 g/mol. The molecule has 0 saturated carbocycles. The van der Waals surface area contributed by atoms with Gasteiger partial charge in [0.1, 0.15) is 16.5 Å². The van der Waals surface area contributed by atoms with Gasteiger partial charge in [-0.1, -0.05) is 24.3 Å². The number of nitrogens with zero attached hydrogens (tertiary/aromatic N) is 2.